The van der Waals surface area contributed by atoms with Crippen LogP contribution in [0.4, 0.5) is 10.5 Å². The molecule has 2 aromatic rings. The lowest BCUT2D eigenvalue weighted by atomic mass is 10.1. The van der Waals surface area contributed by atoms with Crippen LogP contribution in [0.2, 0.25) is 0 Å². The Kier molecular flexibility index (Phi) is 5.75. The zero-order valence-corrected chi connectivity index (χ0v) is 14.9. The number of benzene rings is 1. The Hall–Kier alpha value is -2.89. The first-order chi connectivity index (χ1) is 11.7. The molecule has 0 fully saturated rings. The normalized spacial score (nSPS) is 12.2. The average molecular weight is 341 g/mol. The standard InChI is InChI=1S/C19H23N3O3/c1-13(16-7-5-6-12-20-16)21-17(23)14-8-10-15(11-9-14)22-18(24)25-19(2,3)4/h5-13H,1-4H3,(H,21,23)(H,22,24). The Morgan fingerprint density at radius 3 is 2.32 bits per heavy atom. The Morgan fingerprint density at radius 1 is 1.08 bits per heavy atom. The van der Waals surface area contributed by atoms with Crippen LogP contribution in [0.25, 0.3) is 0 Å². The van der Waals surface area contributed by atoms with E-state index in [1.807, 2.05) is 25.1 Å². The lowest BCUT2D eigenvalue weighted by Gasteiger charge is -2.19. The summed E-state index contributed by atoms with van der Waals surface area (Å²) < 4.78 is 5.18. The van der Waals surface area contributed by atoms with Gasteiger partial charge in [0.2, 0.25) is 0 Å². The second-order valence-corrected chi connectivity index (χ2v) is 6.65. The second-order valence-electron chi connectivity index (χ2n) is 6.65. The third-order valence-corrected chi connectivity index (χ3v) is 3.27. The number of hydrogen-bond acceptors (Lipinski definition) is 4. The molecule has 6 heteroatoms. The van der Waals surface area contributed by atoms with Crippen molar-refractivity contribution in [3.8, 4) is 0 Å². The molecule has 1 atom stereocenters. The molecule has 6 nitrogen and oxygen atoms in total. The molecule has 2 N–H and O–H groups in total. The molecule has 0 radical (unpaired) electrons. The van der Waals surface area contributed by atoms with Crippen LogP contribution < -0.4 is 10.6 Å². The zero-order valence-electron chi connectivity index (χ0n) is 14.9. The summed E-state index contributed by atoms with van der Waals surface area (Å²) in [5.41, 5.74) is 1.28. The minimum Gasteiger partial charge on any atom is -0.444 e. The number of nitrogens with one attached hydrogen (secondary N) is 2. The summed E-state index contributed by atoms with van der Waals surface area (Å²) in [5, 5.41) is 5.52. The fraction of sp³-hybridized carbons (Fsp3) is 0.316. The first-order valence-corrected chi connectivity index (χ1v) is 8.06. The number of anilines is 1. The van der Waals surface area contributed by atoms with Crippen LogP contribution in [0.3, 0.4) is 0 Å². The van der Waals surface area contributed by atoms with Crippen molar-refractivity contribution in [1.29, 1.82) is 0 Å². The lowest BCUT2D eigenvalue weighted by Crippen LogP contribution is -2.28. The Morgan fingerprint density at radius 2 is 1.76 bits per heavy atom. The lowest BCUT2D eigenvalue weighted by molar-refractivity contribution is 0.0635. The van der Waals surface area contributed by atoms with Gasteiger partial charge in [0.1, 0.15) is 5.60 Å². The Bertz CT molecular complexity index is 722. The molecule has 1 aromatic heterocycles. The highest BCUT2D eigenvalue weighted by atomic mass is 16.6. The highest BCUT2D eigenvalue weighted by Gasteiger charge is 2.16. The molecule has 2 rings (SSSR count). The van der Waals surface area contributed by atoms with E-state index in [1.165, 1.54) is 0 Å². The topological polar surface area (TPSA) is 80.3 Å². The maximum atomic E-state index is 12.3. The van der Waals surface area contributed by atoms with E-state index in [4.69, 9.17) is 4.74 Å². The van der Waals surface area contributed by atoms with E-state index in [0.717, 1.165) is 5.69 Å². The van der Waals surface area contributed by atoms with Gasteiger partial charge < -0.3 is 10.1 Å². The van der Waals surface area contributed by atoms with Gasteiger partial charge in [-0.3, -0.25) is 15.1 Å². The average Bonchev–Trinajstić information content (AvgIpc) is 2.54. The molecule has 0 spiro atoms. The molecular weight excluding hydrogens is 318 g/mol. The minimum absolute atomic E-state index is 0.201. The number of amides is 2. The first kappa shape index (κ1) is 18.4. The van der Waals surface area contributed by atoms with E-state index in [1.54, 1.807) is 51.2 Å². The van der Waals surface area contributed by atoms with Crippen molar-refractivity contribution >= 4 is 17.7 Å². The van der Waals surface area contributed by atoms with Crippen LogP contribution in [0.15, 0.2) is 48.7 Å². The number of rotatable bonds is 4. The molecule has 0 aliphatic heterocycles. The minimum atomic E-state index is -0.564. The number of aromatic nitrogens is 1. The summed E-state index contributed by atoms with van der Waals surface area (Å²) in [7, 11) is 0. The van der Waals surface area contributed by atoms with Crippen molar-refractivity contribution in [3.63, 3.8) is 0 Å². The summed E-state index contributed by atoms with van der Waals surface area (Å²) >= 11 is 0. The Labute approximate surface area is 147 Å². The number of carbonyl (C=O) groups excluding carboxylic acids is 2. The van der Waals surface area contributed by atoms with Gasteiger partial charge in [0, 0.05) is 17.4 Å². The van der Waals surface area contributed by atoms with Crippen molar-refractivity contribution in [3.05, 3.63) is 59.9 Å². The van der Waals surface area contributed by atoms with E-state index in [0.29, 0.717) is 11.3 Å². The van der Waals surface area contributed by atoms with Crippen LogP contribution in [0, 0.1) is 0 Å². The molecule has 25 heavy (non-hydrogen) atoms. The van der Waals surface area contributed by atoms with Crippen LogP contribution in [0.1, 0.15) is 49.8 Å². The van der Waals surface area contributed by atoms with E-state index in [2.05, 4.69) is 15.6 Å². The van der Waals surface area contributed by atoms with Gasteiger partial charge in [0.05, 0.1) is 11.7 Å². The van der Waals surface area contributed by atoms with E-state index < -0.39 is 11.7 Å². The maximum absolute atomic E-state index is 12.3. The van der Waals surface area contributed by atoms with Gasteiger partial charge >= 0.3 is 6.09 Å². The third-order valence-electron chi connectivity index (χ3n) is 3.27. The smallest absolute Gasteiger partial charge is 0.412 e. The van der Waals surface area contributed by atoms with Gasteiger partial charge in [-0.1, -0.05) is 6.07 Å². The summed E-state index contributed by atoms with van der Waals surface area (Å²) in [6.45, 7) is 7.26. The molecule has 1 unspecified atom stereocenters. The van der Waals surface area contributed by atoms with Crippen molar-refractivity contribution in [2.24, 2.45) is 0 Å². The van der Waals surface area contributed by atoms with Gasteiger partial charge in [-0.25, -0.2) is 4.79 Å². The maximum Gasteiger partial charge on any atom is 0.412 e. The molecule has 0 saturated heterocycles. The van der Waals surface area contributed by atoms with Gasteiger partial charge in [0.15, 0.2) is 0 Å². The monoisotopic (exact) mass is 341 g/mol. The fourth-order valence-electron chi connectivity index (χ4n) is 2.11. The van der Waals surface area contributed by atoms with Gasteiger partial charge in [-0.15, -0.1) is 0 Å². The van der Waals surface area contributed by atoms with E-state index >= 15 is 0 Å². The second kappa shape index (κ2) is 7.79. The number of ether oxygens (including phenoxy) is 1. The van der Waals surface area contributed by atoms with E-state index in [-0.39, 0.29) is 11.9 Å². The molecule has 0 aliphatic rings. The molecular formula is C19H23N3O3. The molecule has 2 amide bonds. The largest absolute Gasteiger partial charge is 0.444 e. The predicted octanol–water partition coefficient (Wildman–Crippen LogP) is 3.92. The quantitative estimate of drug-likeness (QED) is 0.883. The first-order valence-electron chi connectivity index (χ1n) is 8.06. The highest BCUT2D eigenvalue weighted by Crippen LogP contribution is 2.14. The number of nitrogens with zero attached hydrogens (tertiary/aromatic N) is 1. The van der Waals surface area contributed by atoms with Crippen molar-refractivity contribution in [2.45, 2.75) is 39.3 Å². The molecule has 1 heterocycles. The molecule has 1 aromatic carbocycles. The number of carbonyl (C=O) groups is 2. The van der Waals surface area contributed by atoms with Crippen LogP contribution >= 0.6 is 0 Å². The molecule has 0 bridgehead atoms. The third kappa shape index (κ3) is 5.91. The summed E-state index contributed by atoms with van der Waals surface area (Å²) in [5.74, 6) is -0.207. The summed E-state index contributed by atoms with van der Waals surface area (Å²) in [4.78, 5) is 28.3. The van der Waals surface area contributed by atoms with Crippen LogP contribution in [0.5, 0.6) is 0 Å². The van der Waals surface area contributed by atoms with Crippen molar-refractivity contribution < 1.29 is 14.3 Å². The molecule has 0 aliphatic carbocycles. The number of hydrogen-bond donors (Lipinski definition) is 2. The number of pyridine rings is 1. The summed E-state index contributed by atoms with van der Waals surface area (Å²) in [6.07, 6.45) is 1.16. The Balaban J connectivity index is 1.95. The predicted molar refractivity (Wildman–Crippen MR) is 96.4 cm³/mol. The molecule has 132 valence electrons. The van der Waals surface area contributed by atoms with Crippen LogP contribution in [-0.4, -0.2) is 22.6 Å². The van der Waals surface area contributed by atoms with E-state index in [9.17, 15) is 9.59 Å². The van der Waals surface area contributed by atoms with Gasteiger partial charge in [-0.2, -0.15) is 0 Å². The fourth-order valence-corrected chi connectivity index (χ4v) is 2.11. The van der Waals surface area contributed by atoms with Gasteiger partial charge in [0.25, 0.3) is 5.91 Å². The van der Waals surface area contributed by atoms with Crippen LogP contribution in [-0.2, 0) is 4.74 Å². The highest BCUT2D eigenvalue weighted by molar-refractivity contribution is 5.95. The SMILES string of the molecule is CC(NC(=O)c1ccc(NC(=O)OC(C)(C)C)cc1)c1ccccn1. The zero-order chi connectivity index (χ0) is 18.4. The van der Waals surface area contributed by atoms with Crippen molar-refractivity contribution in [1.82, 2.24) is 10.3 Å². The molecule has 0 saturated carbocycles. The van der Waals surface area contributed by atoms with Crippen molar-refractivity contribution in [2.75, 3.05) is 5.32 Å². The summed E-state index contributed by atoms with van der Waals surface area (Å²) in [6, 6.07) is 12.0. The van der Waals surface area contributed by atoms with Gasteiger partial charge in [-0.05, 0) is 64.1 Å².